The lowest BCUT2D eigenvalue weighted by Gasteiger charge is -2.20. The molecule has 2 N–H and O–H groups in total. The molecule has 0 saturated carbocycles. The highest BCUT2D eigenvalue weighted by Gasteiger charge is 2.21. The molecule has 0 spiro atoms. The van der Waals surface area contributed by atoms with Crippen LogP contribution in [-0.2, 0) is 4.57 Å². The van der Waals surface area contributed by atoms with Gasteiger partial charge in [-0.2, -0.15) is 5.10 Å². The number of hydrogen-bond acceptors (Lipinski definition) is 5. The molecule has 1 amide bonds. The summed E-state index contributed by atoms with van der Waals surface area (Å²) in [5, 5.41) is 7.52. The number of amides is 1. The topological polar surface area (TPSA) is 110 Å². The summed E-state index contributed by atoms with van der Waals surface area (Å²) in [7, 11) is -2.45. The standard InChI is InChI=1S/C23H21FN5O3P/c1-33(2,32)18-10-6-16(7-11-18)20(15-4-8-17(24)9-5-15)27-21(30)19-14-25-23(28-22(19)31)29-13-3-12-26-29/h3-14,20H,1-2H3,(H,27,30)(H,25,28,31)/t20-/m1/s1. The van der Waals surface area contributed by atoms with Gasteiger partial charge >= 0.3 is 0 Å². The van der Waals surface area contributed by atoms with Crippen LogP contribution in [0.15, 0.2) is 78.0 Å². The molecule has 0 aliphatic carbocycles. The van der Waals surface area contributed by atoms with Crippen LogP contribution in [0.3, 0.4) is 0 Å². The second kappa shape index (κ2) is 8.96. The van der Waals surface area contributed by atoms with Gasteiger partial charge in [0, 0.05) is 23.9 Å². The molecule has 4 aromatic rings. The molecule has 0 fully saturated rings. The Morgan fingerprint density at radius 3 is 2.27 bits per heavy atom. The van der Waals surface area contributed by atoms with E-state index in [4.69, 9.17) is 0 Å². The van der Waals surface area contributed by atoms with Crippen LogP contribution in [0.25, 0.3) is 5.95 Å². The maximum Gasteiger partial charge on any atom is 0.265 e. The van der Waals surface area contributed by atoms with Crippen molar-refractivity contribution >= 4 is 18.4 Å². The van der Waals surface area contributed by atoms with Gasteiger partial charge in [-0.1, -0.05) is 36.4 Å². The molecule has 0 saturated heterocycles. The number of nitrogens with zero attached hydrogens (tertiary/aromatic N) is 3. The van der Waals surface area contributed by atoms with E-state index < -0.39 is 30.5 Å². The molecule has 0 bridgehead atoms. The lowest BCUT2D eigenvalue weighted by atomic mass is 9.98. The SMILES string of the molecule is CP(C)(=O)c1ccc([C@H](NC(=O)c2cnc(-n3cccn3)[nH]c2=O)c2ccc(F)cc2)cc1. The van der Waals surface area contributed by atoms with Gasteiger partial charge in [-0.15, -0.1) is 0 Å². The zero-order valence-corrected chi connectivity index (χ0v) is 18.8. The lowest BCUT2D eigenvalue weighted by Crippen LogP contribution is -2.34. The molecule has 0 radical (unpaired) electrons. The van der Waals surface area contributed by atoms with Crippen LogP contribution in [0.5, 0.6) is 0 Å². The van der Waals surface area contributed by atoms with Gasteiger partial charge in [-0.3, -0.25) is 14.6 Å². The summed E-state index contributed by atoms with van der Waals surface area (Å²) in [6.07, 6.45) is 4.33. The Morgan fingerprint density at radius 2 is 1.73 bits per heavy atom. The third-order valence-electron chi connectivity index (χ3n) is 5.08. The second-order valence-electron chi connectivity index (χ2n) is 7.80. The molecule has 168 valence electrons. The molecule has 10 heteroatoms. The number of hydrogen-bond donors (Lipinski definition) is 2. The maximum absolute atomic E-state index is 13.5. The molecular weight excluding hydrogens is 444 g/mol. The summed E-state index contributed by atoms with van der Waals surface area (Å²) >= 11 is 0. The van der Waals surface area contributed by atoms with Crippen LogP contribution in [0.1, 0.15) is 27.5 Å². The highest BCUT2D eigenvalue weighted by Crippen LogP contribution is 2.35. The molecule has 0 aliphatic heterocycles. The number of aromatic nitrogens is 4. The van der Waals surface area contributed by atoms with Gasteiger partial charge < -0.3 is 9.88 Å². The van der Waals surface area contributed by atoms with Crippen LogP contribution >= 0.6 is 7.14 Å². The van der Waals surface area contributed by atoms with Gasteiger partial charge in [0.25, 0.3) is 11.5 Å². The largest absolute Gasteiger partial charge is 0.341 e. The van der Waals surface area contributed by atoms with E-state index in [0.29, 0.717) is 16.4 Å². The molecule has 33 heavy (non-hydrogen) atoms. The van der Waals surface area contributed by atoms with E-state index in [1.807, 2.05) is 0 Å². The van der Waals surface area contributed by atoms with Crippen molar-refractivity contribution in [2.45, 2.75) is 6.04 Å². The van der Waals surface area contributed by atoms with Crippen molar-refractivity contribution in [1.82, 2.24) is 25.1 Å². The fraction of sp³-hybridized carbons (Fsp3) is 0.130. The number of H-pyrrole nitrogens is 1. The van der Waals surface area contributed by atoms with E-state index in [1.54, 1.807) is 62.0 Å². The normalized spacial score (nSPS) is 12.3. The van der Waals surface area contributed by atoms with Gasteiger partial charge in [0.15, 0.2) is 0 Å². The van der Waals surface area contributed by atoms with Crippen molar-refractivity contribution in [2.24, 2.45) is 0 Å². The second-order valence-corrected chi connectivity index (χ2v) is 11.0. The number of aromatic amines is 1. The zero-order chi connectivity index (χ0) is 23.6. The molecule has 0 aliphatic rings. The summed E-state index contributed by atoms with van der Waals surface area (Å²) in [5.41, 5.74) is 0.497. The molecule has 2 aromatic carbocycles. The maximum atomic E-state index is 13.5. The van der Waals surface area contributed by atoms with Gasteiger partial charge in [-0.05, 0) is 42.7 Å². The Morgan fingerprint density at radius 1 is 1.09 bits per heavy atom. The third-order valence-corrected chi connectivity index (χ3v) is 6.62. The van der Waals surface area contributed by atoms with E-state index in [-0.39, 0.29) is 11.5 Å². The Kier molecular flexibility index (Phi) is 6.07. The van der Waals surface area contributed by atoms with Gasteiger partial charge in [-0.25, -0.2) is 14.1 Å². The molecule has 2 heterocycles. The molecule has 8 nitrogen and oxygen atoms in total. The predicted octanol–water partition coefficient (Wildman–Crippen LogP) is 2.86. The summed E-state index contributed by atoms with van der Waals surface area (Å²) in [6, 6.07) is 13.7. The number of rotatable bonds is 6. The first-order chi connectivity index (χ1) is 15.7. The average Bonchev–Trinajstić information content (AvgIpc) is 3.32. The van der Waals surface area contributed by atoms with E-state index >= 15 is 0 Å². The van der Waals surface area contributed by atoms with Crippen LogP contribution in [-0.4, -0.2) is 39.0 Å². The van der Waals surface area contributed by atoms with Gasteiger partial charge in [0.1, 0.15) is 18.5 Å². The Bertz CT molecular complexity index is 1380. The molecule has 1 atom stereocenters. The minimum Gasteiger partial charge on any atom is -0.341 e. The number of nitrogens with one attached hydrogen (secondary N) is 2. The Hall–Kier alpha value is -3.84. The minimum atomic E-state index is -2.45. The molecular formula is C23H21FN5O3P. The van der Waals surface area contributed by atoms with E-state index in [9.17, 15) is 18.5 Å². The zero-order valence-electron chi connectivity index (χ0n) is 17.9. The molecule has 0 unspecified atom stereocenters. The first-order valence-corrected chi connectivity index (χ1v) is 12.6. The summed E-state index contributed by atoms with van der Waals surface area (Å²) in [6.45, 7) is 3.35. The lowest BCUT2D eigenvalue weighted by molar-refractivity contribution is 0.0941. The Labute approximate surface area is 188 Å². The Balaban J connectivity index is 1.67. The fourth-order valence-electron chi connectivity index (χ4n) is 3.31. The third kappa shape index (κ3) is 4.99. The van der Waals surface area contributed by atoms with Crippen molar-refractivity contribution < 1.29 is 13.8 Å². The van der Waals surface area contributed by atoms with Crippen molar-refractivity contribution in [2.75, 3.05) is 13.3 Å². The quantitative estimate of drug-likeness (QED) is 0.426. The first-order valence-electron chi connectivity index (χ1n) is 10.0. The monoisotopic (exact) mass is 465 g/mol. The highest BCUT2D eigenvalue weighted by molar-refractivity contribution is 7.70. The predicted molar refractivity (Wildman–Crippen MR) is 123 cm³/mol. The van der Waals surface area contributed by atoms with Crippen molar-refractivity contribution in [3.8, 4) is 5.95 Å². The van der Waals surface area contributed by atoms with Crippen molar-refractivity contribution in [1.29, 1.82) is 0 Å². The average molecular weight is 465 g/mol. The van der Waals surface area contributed by atoms with E-state index in [1.165, 1.54) is 29.2 Å². The van der Waals surface area contributed by atoms with Gasteiger partial charge in [0.2, 0.25) is 5.95 Å². The summed E-state index contributed by atoms with van der Waals surface area (Å²) in [4.78, 5) is 32.2. The summed E-state index contributed by atoms with van der Waals surface area (Å²) in [5.74, 6) is -0.881. The smallest absolute Gasteiger partial charge is 0.265 e. The van der Waals surface area contributed by atoms with E-state index in [2.05, 4.69) is 20.4 Å². The molecule has 4 rings (SSSR count). The number of halogens is 1. The van der Waals surface area contributed by atoms with Crippen LogP contribution in [0.4, 0.5) is 4.39 Å². The highest BCUT2D eigenvalue weighted by atomic mass is 31.2. The van der Waals surface area contributed by atoms with Crippen molar-refractivity contribution in [3.05, 3.63) is 106 Å². The first kappa shape index (κ1) is 22.4. The van der Waals surface area contributed by atoms with E-state index in [0.717, 1.165) is 0 Å². The fourth-order valence-corrected chi connectivity index (χ4v) is 4.17. The van der Waals surface area contributed by atoms with Crippen LogP contribution in [0, 0.1) is 5.82 Å². The minimum absolute atomic E-state index is 0.177. The number of carbonyl (C=O) groups is 1. The van der Waals surface area contributed by atoms with Crippen LogP contribution in [0.2, 0.25) is 0 Å². The van der Waals surface area contributed by atoms with Gasteiger partial charge in [0.05, 0.1) is 6.04 Å². The number of benzene rings is 2. The molecule has 2 aromatic heterocycles. The number of carbonyl (C=O) groups excluding carboxylic acids is 1. The summed E-state index contributed by atoms with van der Waals surface area (Å²) < 4.78 is 27.2. The van der Waals surface area contributed by atoms with Crippen LogP contribution < -0.4 is 16.2 Å². The van der Waals surface area contributed by atoms with Crippen molar-refractivity contribution in [3.63, 3.8) is 0 Å².